The van der Waals surface area contributed by atoms with Crippen LogP contribution in [0.2, 0.25) is 0 Å². The van der Waals surface area contributed by atoms with Crippen LogP contribution in [0.25, 0.3) is 5.57 Å². The molecule has 3 aromatic rings. The molecule has 1 N–H and O–H groups in total. The fourth-order valence-corrected chi connectivity index (χ4v) is 4.13. The van der Waals surface area contributed by atoms with Crippen LogP contribution in [0.5, 0.6) is 11.5 Å². The molecule has 166 valence electrons. The van der Waals surface area contributed by atoms with Crippen LogP contribution in [0.4, 0.5) is 11.4 Å². The molecule has 0 aromatic heterocycles. The number of nitrogens with one attached hydrogen (secondary N) is 1. The first kappa shape index (κ1) is 20.8. The molecule has 2 heterocycles. The van der Waals surface area contributed by atoms with Crippen molar-refractivity contribution in [1.29, 1.82) is 0 Å². The molecule has 2 aliphatic rings. The van der Waals surface area contributed by atoms with E-state index in [1.807, 2.05) is 58.0 Å². The molecule has 33 heavy (non-hydrogen) atoms. The van der Waals surface area contributed by atoms with Gasteiger partial charge in [-0.3, -0.25) is 9.59 Å². The Kier molecular flexibility index (Phi) is 4.93. The van der Waals surface area contributed by atoms with E-state index in [1.165, 1.54) is 4.90 Å². The minimum atomic E-state index is -0.389. The number of hydrogen-bond acceptors (Lipinski definition) is 5. The van der Waals surface area contributed by atoms with Crippen molar-refractivity contribution in [1.82, 2.24) is 0 Å². The van der Waals surface area contributed by atoms with Crippen LogP contribution in [-0.2, 0) is 9.59 Å². The zero-order valence-electron chi connectivity index (χ0n) is 19.0. The van der Waals surface area contributed by atoms with Crippen molar-refractivity contribution in [2.24, 2.45) is 0 Å². The fraction of sp³-hybridized carbons (Fsp3) is 0.185. The van der Waals surface area contributed by atoms with Crippen molar-refractivity contribution in [3.05, 3.63) is 88.1 Å². The molecule has 6 heteroatoms. The monoisotopic (exact) mass is 440 g/mol. The van der Waals surface area contributed by atoms with Crippen molar-refractivity contribution >= 4 is 28.8 Å². The van der Waals surface area contributed by atoms with Crippen molar-refractivity contribution in [2.45, 2.75) is 27.7 Å². The average molecular weight is 440 g/mol. The number of aryl methyl sites for hydroxylation is 3. The van der Waals surface area contributed by atoms with E-state index in [0.29, 0.717) is 34.0 Å². The number of carbonyl (C=O) groups excluding carboxylic acids is 2. The van der Waals surface area contributed by atoms with Gasteiger partial charge in [0, 0.05) is 11.8 Å². The predicted octanol–water partition coefficient (Wildman–Crippen LogP) is 5.05. The number of carbonyl (C=O) groups is 2. The summed E-state index contributed by atoms with van der Waals surface area (Å²) in [4.78, 5) is 28.7. The Morgan fingerprint density at radius 2 is 1.58 bits per heavy atom. The molecule has 0 bridgehead atoms. The Hall–Kier alpha value is -4.06. The number of anilines is 2. The zero-order chi connectivity index (χ0) is 23.3. The summed E-state index contributed by atoms with van der Waals surface area (Å²) in [5.41, 5.74) is 6.59. The Labute approximate surface area is 192 Å². The molecule has 0 saturated carbocycles. The van der Waals surface area contributed by atoms with E-state index in [1.54, 1.807) is 24.3 Å². The van der Waals surface area contributed by atoms with Crippen LogP contribution in [0.1, 0.15) is 27.8 Å². The van der Waals surface area contributed by atoms with E-state index in [9.17, 15) is 9.59 Å². The van der Waals surface area contributed by atoms with Crippen molar-refractivity contribution in [2.75, 3.05) is 17.0 Å². The lowest BCUT2D eigenvalue weighted by Gasteiger charge is -2.19. The number of hydrogen-bond donors (Lipinski definition) is 1. The summed E-state index contributed by atoms with van der Waals surface area (Å²) in [7, 11) is 0. The molecule has 3 aromatic carbocycles. The van der Waals surface area contributed by atoms with Crippen LogP contribution < -0.4 is 19.7 Å². The van der Waals surface area contributed by atoms with Crippen LogP contribution in [0, 0.1) is 27.7 Å². The number of nitrogens with zero attached hydrogens (tertiary/aromatic N) is 1. The normalized spacial score (nSPS) is 15.0. The Balaban J connectivity index is 1.64. The topological polar surface area (TPSA) is 67.9 Å². The minimum absolute atomic E-state index is 0.160. The van der Waals surface area contributed by atoms with E-state index >= 15 is 0 Å². The molecule has 2 amide bonds. The predicted molar refractivity (Wildman–Crippen MR) is 127 cm³/mol. The second-order valence-electron chi connectivity index (χ2n) is 8.41. The van der Waals surface area contributed by atoms with Gasteiger partial charge < -0.3 is 14.8 Å². The lowest BCUT2D eigenvalue weighted by Crippen LogP contribution is -2.33. The molecule has 6 nitrogen and oxygen atoms in total. The fourth-order valence-electron chi connectivity index (χ4n) is 4.13. The molecule has 0 unspecified atom stereocenters. The third-order valence-electron chi connectivity index (χ3n) is 6.34. The van der Waals surface area contributed by atoms with Gasteiger partial charge in [-0.15, -0.1) is 0 Å². The van der Waals surface area contributed by atoms with E-state index in [-0.39, 0.29) is 24.3 Å². The highest BCUT2D eigenvalue weighted by Gasteiger charge is 2.41. The van der Waals surface area contributed by atoms with Crippen LogP contribution in [-0.4, -0.2) is 18.6 Å². The number of rotatable bonds is 4. The first-order valence-corrected chi connectivity index (χ1v) is 10.8. The SMILES string of the molecule is Cc1ccc(C2=C(Nc3ccc4c(c3)OCO4)C(=O)N(c3cccc(C)c3C)C2=O)cc1C. The van der Waals surface area contributed by atoms with E-state index < -0.39 is 0 Å². The number of fused-ring (bicyclic) bond motifs is 1. The molecular weight excluding hydrogens is 416 g/mol. The van der Waals surface area contributed by atoms with Gasteiger partial charge in [0.25, 0.3) is 11.8 Å². The molecule has 5 rings (SSSR count). The van der Waals surface area contributed by atoms with Gasteiger partial charge in [-0.25, -0.2) is 4.90 Å². The second-order valence-corrected chi connectivity index (χ2v) is 8.41. The van der Waals surface area contributed by atoms with Crippen LogP contribution >= 0.6 is 0 Å². The van der Waals surface area contributed by atoms with Gasteiger partial charge in [0.2, 0.25) is 6.79 Å². The van der Waals surface area contributed by atoms with Gasteiger partial charge in [0.1, 0.15) is 5.70 Å². The van der Waals surface area contributed by atoms with Crippen molar-refractivity contribution in [3.8, 4) is 11.5 Å². The first-order valence-electron chi connectivity index (χ1n) is 10.8. The molecule has 0 atom stereocenters. The molecule has 0 fully saturated rings. The largest absolute Gasteiger partial charge is 0.454 e. The van der Waals surface area contributed by atoms with Gasteiger partial charge in [-0.2, -0.15) is 0 Å². The number of imide groups is 1. The summed E-state index contributed by atoms with van der Waals surface area (Å²) in [5, 5.41) is 3.20. The highest BCUT2D eigenvalue weighted by molar-refractivity contribution is 6.46. The van der Waals surface area contributed by atoms with Crippen LogP contribution in [0.3, 0.4) is 0 Å². The number of benzene rings is 3. The average Bonchev–Trinajstić information content (AvgIpc) is 3.35. The maximum atomic E-state index is 13.7. The summed E-state index contributed by atoms with van der Waals surface area (Å²) in [6.45, 7) is 8.06. The van der Waals surface area contributed by atoms with E-state index in [0.717, 1.165) is 22.3 Å². The maximum Gasteiger partial charge on any atom is 0.282 e. The van der Waals surface area contributed by atoms with Crippen molar-refractivity contribution in [3.63, 3.8) is 0 Å². The van der Waals surface area contributed by atoms with Gasteiger partial charge in [-0.1, -0.05) is 30.3 Å². The smallest absolute Gasteiger partial charge is 0.282 e. The third-order valence-corrected chi connectivity index (χ3v) is 6.34. The standard InChI is InChI=1S/C27H24N2O4/c1-15-8-9-19(12-17(15)3)24-25(28-20-10-11-22-23(13-20)33-14-32-22)27(31)29(26(24)30)21-7-5-6-16(2)18(21)4/h5-13,28H,14H2,1-4H3. The summed E-state index contributed by atoms with van der Waals surface area (Å²) < 4.78 is 10.9. The summed E-state index contributed by atoms with van der Waals surface area (Å²) in [5.74, 6) is 0.506. The lowest BCUT2D eigenvalue weighted by molar-refractivity contribution is -0.120. The molecule has 0 saturated heterocycles. The van der Waals surface area contributed by atoms with Crippen LogP contribution in [0.15, 0.2) is 60.3 Å². The Bertz CT molecular complexity index is 1360. The quantitative estimate of drug-likeness (QED) is 0.576. The van der Waals surface area contributed by atoms with E-state index in [4.69, 9.17) is 9.47 Å². The Morgan fingerprint density at radius 3 is 2.36 bits per heavy atom. The van der Waals surface area contributed by atoms with E-state index in [2.05, 4.69) is 5.32 Å². The molecule has 0 aliphatic carbocycles. The van der Waals surface area contributed by atoms with Gasteiger partial charge in [0.05, 0.1) is 11.3 Å². The zero-order valence-corrected chi connectivity index (χ0v) is 19.0. The maximum absolute atomic E-state index is 13.7. The van der Waals surface area contributed by atoms with Gasteiger partial charge in [-0.05, 0) is 73.7 Å². The number of amides is 2. The molecule has 0 radical (unpaired) electrons. The molecular formula is C27H24N2O4. The molecule has 0 spiro atoms. The minimum Gasteiger partial charge on any atom is -0.454 e. The lowest BCUT2D eigenvalue weighted by atomic mass is 9.99. The highest BCUT2D eigenvalue weighted by atomic mass is 16.7. The summed E-state index contributed by atoms with van der Waals surface area (Å²) in [6, 6.07) is 16.8. The summed E-state index contributed by atoms with van der Waals surface area (Å²) >= 11 is 0. The third kappa shape index (κ3) is 3.44. The van der Waals surface area contributed by atoms with Gasteiger partial charge >= 0.3 is 0 Å². The first-order chi connectivity index (χ1) is 15.8. The molecule has 2 aliphatic heterocycles. The van der Waals surface area contributed by atoms with Gasteiger partial charge in [0.15, 0.2) is 11.5 Å². The Morgan fingerprint density at radius 1 is 0.788 bits per heavy atom. The summed E-state index contributed by atoms with van der Waals surface area (Å²) in [6.07, 6.45) is 0. The highest BCUT2D eigenvalue weighted by Crippen LogP contribution is 2.38. The van der Waals surface area contributed by atoms with Crippen molar-refractivity contribution < 1.29 is 19.1 Å². The number of ether oxygens (including phenoxy) is 2. The second kappa shape index (κ2) is 7.81.